The van der Waals surface area contributed by atoms with Gasteiger partial charge in [0.25, 0.3) is 0 Å². The molecule has 0 amide bonds. The minimum absolute atomic E-state index is 0.235. The molecule has 1 aromatic heterocycles. The number of benzene rings is 2. The van der Waals surface area contributed by atoms with Crippen LogP contribution in [-0.2, 0) is 13.0 Å². The molecule has 0 unspecified atom stereocenters. The van der Waals surface area contributed by atoms with Crippen molar-refractivity contribution in [3.8, 4) is 0 Å². The highest BCUT2D eigenvalue weighted by atomic mass is 35.5. The van der Waals surface area contributed by atoms with Crippen molar-refractivity contribution in [2.75, 3.05) is 6.54 Å². The van der Waals surface area contributed by atoms with Crippen LogP contribution in [-0.4, -0.2) is 11.1 Å². The lowest BCUT2D eigenvalue weighted by atomic mass is 10.1. The van der Waals surface area contributed by atoms with Crippen molar-refractivity contribution in [1.82, 2.24) is 4.57 Å². The van der Waals surface area contributed by atoms with Gasteiger partial charge < -0.3 is 10.3 Å². The molecule has 0 spiro atoms. The zero-order valence-corrected chi connectivity index (χ0v) is 12.3. The average Bonchev–Trinajstić information content (AvgIpc) is 2.86. The van der Waals surface area contributed by atoms with Gasteiger partial charge in [-0.25, -0.2) is 4.39 Å². The van der Waals surface area contributed by atoms with E-state index in [2.05, 4.69) is 18.2 Å². The zero-order valence-electron chi connectivity index (χ0n) is 11.5. The molecule has 0 saturated heterocycles. The molecule has 108 valence electrons. The van der Waals surface area contributed by atoms with Gasteiger partial charge in [0.15, 0.2) is 0 Å². The topological polar surface area (TPSA) is 30.9 Å². The van der Waals surface area contributed by atoms with Crippen LogP contribution in [0.2, 0.25) is 5.02 Å². The van der Waals surface area contributed by atoms with Crippen LogP contribution in [0.5, 0.6) is 0 Å². The summed E-state index contributed by atoms with van der Waals surface area (Å²) < 4.78 is 15.9. The molecule has 0 aliphatic carbocycles. The normalized spacial score (nSPS) is 11.2. The molecule has 0 aliphatic heterocycles. The van der Waals surface area contributed by atoms with Crippen LogP contribution in [0.25, 0.3) is 10.9 Å². The number of fused-ring (bicyclic) bond motifs is 1. The van der Waals surface area contributed by atoms with Crippen molar-refractivity contribution < 1.29 is 4.39 Å². The molecular weight excluding hydrogens is 287 g/mol. The Bertz CT molecular complexity index is 780. The lowest BCUT2D eigenvalue weighted by Gasteiger charge is -2.08. The summed E-state index contributed by atoms with van der Waals surface area (Å²) in [5.74, 6) is -0.235. The summed E-state index contributed by atoms with van der Waals surface area (Å²) >= 11 is 5.94. The lowest BCUT2D eigenvalue weighted by Crippen LogP contribution is -2.03. The van der Waals surface area contributed by atoms with Crippen molar-refractivity contribution in [1.29, 1.82) is 0 Å². The van der Waals surface area contributed by atoms with Crippen molar-refractivity contribution >= 4 is 22.5 Å². The van der Waals surface area contributed by atoms with E-state index in [1.165, 1.54) is 11.6 Å². The van der Waals surface area contributed by atoms with E-state index in [1.54, 1.807) is 12.1 Å². The van der Waals surface area contributed by atoms with Gasteiger partial charge in [-0.2, -0.15) is 0 Å². The Labute approximate surface area is 127 Å². The number of aromatic nitrogens is 1. The van der Waals surface area contributed by atoms with Gasteiger partial charge in [-0.1, -0.05) is 17.7 Å². The summed E-state index contributed by atoms with van der Waals surface area (Å²) in [5.41, 5.74) is 8.47. The quantitative estimate of drug-likeness (QED) is 0.776. The Morgan fingerprint density at radius 1 is 1.10 bits per heavy atom. The third kappa shape index (κ3) is 2.94. The van der Waals surface area contributed by atoms with Crippen LogP contribution >= 0.6 is 11.6 Å². The van der Waals surface area contributed by atoms with E-state index in [-0.39, 0.29) is 5.82 Å². The molecule has 4 heteroatoms. The van der Waals surface area contributed by atoms with Crippen molar-refractivity contribution in [3.05, 3.63) is 70.6 Å². The molecule has 2 N–H and O–H groups in total. The van der Waals surface area contributed by atoms with E-state index < -0.39 is 0 Å². The zero-order chi connectivity index (χ0) is 14.8. The molecule has 3 rings (SSSR count). The number of hydrogen-bond acceptors (Lipinski definition) is 1. The summed E-state index contributed by atoms with van der Waals surface area (Å²) in [5, 5.41) is 1.69. The Kier molecular flexibility index (Phi) is 3.95. The number of hydrogen-bond donors (Lipinski definition) is 1. The SMILES string of the molecule is NCCc1ccc2c(ccn2Cc2cc(Cl)ccc2F)c1. The Hall–Kier alpha value is -1.84. The molecule has 0 aliphatic rings. The Morgan fingerprint density at radius 2 is 1.95 bits per heavy atom. The minimum Gasteiger partial charge on any atom is -0.343 e. The van der Waals surface area contributed by atoms with Crippen LogP contribution in [0, 0.1) is 5.82 Å². The molecule has 0 atom stereocenters. The van der Waals surface area contributed by atoms with E-state index in [1.807, 2.05) is 16.8 Å². The molecule has 0 saturated carbocycles. The average molecular weight is 303 g/mol. The number of nitrogens with two attached hydrogens (primary N) is 1. The third-order valence-electron chi connectivity index (χ3n) is 3.62. The van der Waals surface area contributed by atoms with Gasteiger partial charge in [0.2, 0.25) is 0 Å². The van der Waals surface area contributed by atoms with Crippen molar-refractivity contribution in [3.63, 3.8) is 0 Å². The molecular formula is C17H16ClFN2. The Morgan fingerprint density at radius 3 is 2.76 bits per heavy atom. The first kappa shape index (κ1) is 14.1. The van der Waals surface area contributed by atoms with Gasteiger partial charge in [-0.3, -0.25) is 0 Å². The second-order valence-corrected chi connectivity index (χ2v) is 5.55. The van der Waals surface area contributed by atoms with Gasteiger partial charge in [-0.15, -0.1) is 0 Å². The second-order valence-electron chi connectivity index (χ2n) is 5.11. The van der Waals surface area contributed by atoms with Crippen LogP contribution in [0.15, 0.2) is 48.7 Å². The molecule has 1 heterocycles. The maximum atomic E-state index is 13.8. The molecule has 2 aromatic carbocycles. The summed E-state index contributed by atoms with van der Waals surface area (Å²) in [6, 6.07) is 12.9. The van der Waals surface area contributed by atoms with Gasteiger partial charge in [0.05, 0.1) is 6.54 Å². The molecule has 3 aromatic rings. The summed E-state index contributed by atoms with van der Waals surface area (Å²) in [4.78, 5) is 0. The van der Waals surface area contributed by atoms with E-state index in [9.17, 15) is 4.39 Å². The second kappa shape index (κ2) is 5.88. The number of rotatable bonds is 4. The molecule has 0 fully saturated rings. The molecule has 21 heavy (non-hydrogen) atoms. The first-order valence-electron chi connectivity index (χ1n) is 6.89. The number of nitrogens with zero attached hydrogens (tertiary/aromatic N) is 1. The fourth-order valence-electron chi connectivity index (χ4n) is 2.56. The van der Waals surface area contributed by atoms with Gasteiger partial charge in [0, 0.05) is 22.3 Å². The van der Waals surface area contributed by atoms with Crippen LogP contribution in [0.3, 0.4) is 0 Å². The smallest absolute Gasteiger partial charge is 0.128 e. The van der Waals surface area contributed by atoms with Crippen molar-refractivity contribution in [2.45, 2.75) is 13.0 Å². The predicted molar refractivity (Wildman–Crippen MR) is 85.2 cm³/mol. The monoisotopic (exact) mass is 302 g/mol. The predicted octanol–water partition coefficient (Wildman–Crippen LogP) is 3.98. The lowest BCUT2D eigenvalue weighted by molar-refractivity contribution is 0.602. The van der Waals surface area contributed by atoms with Gasteiger partial charge in [-0.05, 0) is 60.3 Å². The van der Waals surface area contributed by atoms with Crippen LogP contribution in [0.1, 0.15) is 11.1 Å². The summed E-state index contributed by atoms with van der Waals surface area (Å²) in [7, 11) is 0. The highest BCUT2D eigenvalue weighted by Crippen LogP contribution is 2.21. The highest BCUT2D eigenvalue weighted by molar-refractivity contribution is 6.30. The standard InChI is InChI=1S/C17H16ClFN2/c18-15-2-3-16(19)14(10-15)11-21-8-6-13-9-12(5-7-20)1-4-17(13)21/h1-4,6,8-10H,5,7,11,20H2. The van der Waals surface area contributed by atoms with Crippen LogP contribution < -0.4 is 5.73 Å². The van der Waals surface area contributed by atoms with E-state index in [0.717, 1.165) is 17.3 Å². The third-order valence-corrected chi connectivity index (χ3v) is 3.85. The maximum Gasteiger partial charge on any atom is 0.128 e. The Balaban J connectivity index is 1.96. The summed E-state index contributed by atoms with van der Waals surface area (Å²) in [6.45, 7) is 1.10. The van der Waals surface area contributed by atoms with Crippen molar-refractivity contribution in [2.24, 2.45) is 5.73 Å². The largest absolute Gasteiger partial charge is 0.343 e. The fraction of sp³-hybridized carbons (Fsp3) is 0.176. The highest BCUT2D eigenvalue weighted by Gasteiger charge is 2.07. The number of halogens is 2. The van der Waals surface area contributed by atoms with Gasteiger partial charge >= 0.3 is 0 Å². The van der Waals surface area contributed by atoms with E-state index >= 15 is 0 Å². The summed E-state index contributed by atoms with van der Waals surface area (Å²) in [6.07, 6.45) is 2.83. The molecule has 2 nitrogen and oxygen atoms in total. The van der Waals surface area contributed by atoms with E-state index in [0.29, 0.717) is 23.7 Å². The van der Waals surface area contributed by atoms with E-state index in [4.69, 9.17) is 17.3 Å². The van der Waals surface area contributed by atoms with Crippen LogP contribution in [0.4, 0.5) is 4.39 Å². The first-order chi connectivity index (χ1) is 10.2. The molecule has 0 radical (unpaired) electrons. The molecule has 0 bridgehead atoms. The van der Waals surface area contributed by atoms with Gasteiger partial charge in [0.1, 0.15) is 5.82 Å². The first-order valence-corrected chi connectivity index (χ1v) is 7.27. The fourth-order valence-corrected chi connectivity index (χ4v) is 2.75. The maximum absolute atomic E-state index is 13.8. The minimum atomic E-state index is -0.235.